The largest absolute Gasteiger partial charge is 0.346 e. The van der Waals surface area contributed by atoms with Crippen LogP contribution in [0, 0.1) is 5.82 Å². The molecule has 2 amide bonds. The quantitative estimate of drug-likeness (QED) is 0.341. The van der Waals surface area contributed by atoms with Crippen LogP contribution in [0.25, 0.3) is 11.4 Å². The van der Waals surface area contributed by atoms with Gasteiger partial charge in [0, 0.05) is 5.56 Å². The first kappa shape index (κ1) is 23.6. The number of halogens is 1. The van der Waals surface area contributed by atoms with Crippen molar-refractivity contribution in [1.29, 1.82) is 0 Å². The molecule has 0 radical (unpaired) electrons. The molecule has 0 aliphatic heterocycles. The van der Waals surface area contributed by atoms with Gasteiger partial charge in [-0.05, 0) is 54.1 Å². The molecule has 0 aliphatic rings. The number of hydrogen-bond donors (Lipinski definition) is 2. The first-order valence-corrected chi connectivity index (χ1v) is 11.5. The predicted octanol–water partition coefficient (Wildman–Crippen LogP) is 3.70. The number of amides is 2. The number of carbonyl (C=O) groups is 2. The van der Waals surface area contributed by atoms with E-state index in [1.165, 1.54) is 23.1 Å². The van der Waals surface area contributed by atoms with Crippen LogP contribution >= 0.6 is 0 Å². The molecule has 0 saturated carbocycles. The van der Waals surface area contributed by atoms with Crippen molar-refractivity contribution in [2.45, 2.75) is 13.0 Å². The van der Waals surface area contributed by atoms with Gasteiger partial charge in [0.25, 0.3) is 5.91 Å². The number of nitrogens with one attached hydrogen (secondary N) is 2. The minimum Gasteiger partial charge on any atom is -0.346 e. The lowest BCUT2D eigenvalue weighted by molar-refractivity contribution is -0.115. The van der Waals surface area contributed by atoms with E-state index < -0.39 is 0 Å². The van der Waals surface area contributed by atoms with Crippen molar-refractivity contribution in [2.75, 3.05) is 5.32 Å². The number of benzene rings is 3. The molecule has 0 saturated heterocycles. The molecule has 9 nitrogen and oxygen atoms in total. The second-order valence-electron chi connectivity index (χ2n) is 8.22. The van der Waals surface area contributed by atoms with Gasteiger partial charge in [0.15, 0.2) is 0 Å². The Morgan fingerprint density at radius 1 is 0.865 bits per heavy atom. The van der Waals surface area contributed by atoms with Gasteiger partial charge < -0.3 is 10.6 Å². The number of nitrogens with zero attached hydrogens (tertiary/aromatic N) is 5. The number of aromatic nitrogens is 5. The molecule has 2 heterocycles. The maximum atomic E-state index is 13.3. The van der Waals surface area contributed by atoms with E-state index in [1.807, 2.05) is 30.3 Å². The Balaban J connectivity index is 1.15. The zero-order valence-corrected chi connectivity index (χ0v) is 19.6. The third-order valence-corrected chi connectivity index (χ3v) is 5.47. The van der Waals surface area contributed by atoms with Gasteiger partial charge in [0.2, 0.25) is 5.91 Å². The zero-order valence-electron chi connectivity index (χ0n) is 19.6. The lowest BCUT2D eigenvalue weighted by Gasteiger charge is -2.06. The van der Waals surface area contributed by atoms with E-state index in [9.17, 15) is 14.0 Å². The molecule has 2 N–H and O–H groups in total. The smallest absolute Gasteiger partial charge is 0.251 e. The minimum atomic E-state index is -0.383. The highest BCUT2D eigenvalue weighted by molar-refractivity contribution is 5.94. The number of carbonyl (C=O) groups excluding carboxylic acids is 2. The molecule has 2 aromatic heterocycles. The Hall–Kier alpha value is -5.12. The number of hydrogen-bond acceptors (Lipinski definition) is 5. The minimum absolute atomic E-state index is 0.0509. The molecule has 0 spiro atoms. The molecule has 0 unspecified atom stereocenters. The molecule has 5 rings (SSSR count). The van der Waals surface area contributed by atoms with Crippen molar-refractivity contribution >= 4 is 17.5 Å². The molecule has 0 aliphatic carbocycles. The Bertz CT molecular complexity index is 1530. The van der Waals surface area contributed by atoms with E-state index in [1.54, 1.807) is 53.5 Å². The average molecular weight is 496 g/mol. The fourth-order valence-corrected chi connectivity index (χ4v) is 3.67. The van der Waals surface area contributed by atoms with Crippen LogP contribution in [-0.4, -0.2) is 36.6 Å². The highest BCUT2D eigenvalue weighted by Gasteiger charge is 2.10. The standard InChI is InChI=1S/C27H22FN7O2/c28-21-6-4-5-19(13-21)14-26(36)32-23-17-30-34(18-23)24-11-9-20(10-12-24)27(37)29-15-22-16-31-35(33-22)25-7-2-1-3-8-25/h1-13,16-18H,14-15H2,(H,29,37)(H,32,36). The fraction of sp³-hybridized carbons (Fsp3) is 0.0741. The Morgan fingerprint density at radius 2 is 1.68 bits per heavy atom. The normalized spacial score (nSPS) is 10.7. The third-order valence-electron chi connectivity index (χ3n) is 5.47. The summed E-state index contributed by atoms with van der Waals surface area (Å²) in [5, 5.41) is 18.5. The number of anilines is 1. The SMILES string of the molecule is O=C(Cc1cccc(F)c1)Nc1cnn(-c2ccc(C(=O)NCc3cnn(-c4ccccc4)n3)cc2)c1. The van der Waals surface area contributed by atoms with Crippen molar-refractivity contribution in [3.8, 4) is 11.4 Å². The van der Waals surface area contributed by atoms with E-state index in [-0.39, 0.29) is 30.6 Å². The van der Waals surface area contributed by atoms with E-state index in [0.717, 1.165) is 5.69 Å². The van der Waals surface area contributed by atoms with Crippen LogP contribution in [0.5, 0.6) is 0 Å². The molecule has 0 fully saturated rings. The summed E-state index contributed by atoms with van der Waals surface area (Å²) in [4.78, 5) is 26.4. The molecule has 3 aromatic carbocycles. The summed E-state index contributed by atoms with van der Waals surface area (Å²) in [6.07, 6.45) is 4.85. The summed E-state index contributed by atoms with van der Waals surface area (Å²) in [5.41, 5.74) is 3.76. The van der Waals surface area contributed by atoms with Crippen molar-refractivity contribution in [3.05, 3.63) is 120 Å². The van der Waals surface area contributed by atoms with Gasteiger partial charge in [-0.2, -0.15) is 20.1 Å². The van der Waals surface area contributed by atoms with E-state index >= 15 is 0 Å². The molecular weight excluding hydrogens is 473 g/mol. The summed E-state index contributed by atoms with van der Waals surface area (Å²) >= 11 is 0. The van der Waals surface area contributed by atoms with E-state index in [0.29, 0.717) is 28.2 Å². The van der Waals surface area contributed by atoms with Crippen molar-refractivity contribution < 1.29 is 14.0 Å². The molecule has 37 heavy (non-hydrogen) atoms. The highest BCUT2D eigenvalue weighted by Crippen LogP contribution is 2.14. The van der Waals surface area contributed by atoms with Crippen LogP contribution in [0.1, 0.15) is 21.6 Å². The Morgan fingerprint density at radius 3 is 2.46 bits per heavy atom. The van der Waals surface area contributed by atoms with Crippen molar-refractivity contribution in [3.63, 3.8) is 0 Å². The van der Waals surface area contributed by atoms with Gasteiger partial charge >= 0.3 is 0 Å². The fourth-order valence-electron chi connectivity index (χ4n) is 3.67. The van der Waals surface area contributed by atoms with Crippen LogP contribution in [0.2, 0.25) is 0 Å². The summed E-state index contributed by atoms with van der Waals surface area (Å²) in [5.74, 6) is -0.904. The summed E-state index contributed by atoms with van der Waals surface area (Å²) < 4.78 is 14.9. The van der Waals surface area contributed by atoms with Crippen molar-refractivity contribution in [1.82, 2.24) is 30.1 Å². The molecule has 184 valence electrons. The van der Waals surface area contributed by atoms with Gasteiger partial charge in [-0.1, -0.05) is 30.3 Å². The second-order valence-corrected chi connectivity index (χ2v) is 8.22. The van der Waals surface area contributed by atoms with Crippen LogP contribution in [-0.2, 0) is 17.8 Å². The maximum Gasteiger partial charge on any atom is 0.251 e. The molecule has 0 atom stereocenters. The highest BCUT2D eigenvalue weighted by atomic mass is 19.1. The van der Waals surface area contributed by atoms with Crippen LogP contribution in [0.3, 0.4) is 0 Å². The van der Waals surface area contributed by atoms with E-state index in [2.05, 4.69) is 25.9 Å². The third kappa shape index (κ3) is 5.93. The number of para-hydroxylation sites is 1. The van der Waals surface area contributed by atoms with Crippen molar-refractivity contribution in [2.24, 2.45) is 0 Å². The summed E-state index contributed by atoms with van der Waals surface area (Å²) in [7, 11) is 0. The van der Waals surface area contributed by atoms with Crippen LogP contribution in [0.15, 0.2) is 97.5 Å². The number of rotatable bonds is 8. The van der Waals surface area contributed by atoms with Crippen LogP contribution < -0.4 is 10.6 Å². The zero-order chi connectivity index (χ0) is 25.6. The summed E-state index contributed by atoms with van der Waals surface area (Å²) in [6, 6.07) is 22.3. The topological polar surface area (TPSA) is 107 Å². The Labute approximate surface area is 211 Å². The van der Waals surface area contributed by atoms with E-state index in [4.69, 9.17) is 0 Å². The maximum absolute atomic E-state index is 13.3. The molecule has 5 aromatic rings. The summed E-state index contributed by atoms with van der Waals surface area (Å²) in [6.45, 7) is 0.241. The monoisotopic (exact) mass is 495 g/mol. The predicted molar refractivity (Wildman–Crippen MR) is 135 cm³/mol. The van der Waals surface area contributed by atoms with Gasteiger partial charge in [-0.3, -0.25) is 9.59 Å². The van der Waals surface area contributed by atoms with Gasteiger partial charge in [-0.15, -0.1) is 0 Å². The first-order chi connectivity index (χ1) is 18.0. The second kappa shape index (κ2) is 10.6. The van der Waals surface area contributed by atoms with Gasteiger partial charge in [0.1, 0.15) is 11.5 Å². The van der Waals surface area contributed by atoms with Gasteiger partial charge in [0.05, 0.1) is 48.6 Å². The van der Waals surface area contributed by atoms with Gasteiger partial charge in [-0.25, -0.2) is 9.07 Å². The molecular formula is C27H22FN7O2. The van der Waals surface area contributed by atoms with Crippen LogP contribution in [0.4, 0.5) is 10.1 Å². The molecule has 10 heteroatoms. The average Bonchev–Trinajstić information content (AvgIpc) is 3.58. The molecule has 0 bridgehead atoms. The lowest BCUT2D eigenvalue weighted by atomic mass is 10.1. The Kier molecular flexibility index (Phi) is 6.80. The lowest BCUT2D eigenvalue weighted by Crippen LogP contribution is -2.23. The first-order valence-electron chi connectivity index (χ1n) is 11.5.